The van der Waals surface area contributed by atoms with Gasteiger partial charge in [0, 0.05) is 13.6 Å². The molecular weight excluding hydrogens is 312 g/mol. The number of hydrogen-bond acceptors (Lipinski definition) is 3. The fourth-order valence-corrected chi connectivity index (χ4v) is 4.21. The number of hydrogen-bond donors (Lipinski definition) is 1. The molecule has 0 fully saturated rings. The lowest BCUT2D eigenvalue weighted by molar-refractivity contribution is -0.121. The Labute approximate surface area is 140 Å². The van der Waals surface area contributed by atoms with Gasteiger partial charge in [-0.05, 0) is 38.3 Å². The van der Waals surface area contributed by atoms with Crippen molar-refractivity contribution >= 4 is 15.9 Å². The maximum absolute atomic E-state index is 12.7. The molecule has 1 amide bonds. The molecule has 0 heterocycles. The summed E-state index contributed by atoms with van der Waals surface area (Å²) in [6, 6.07) is 3.69. The van der Waals surface area contributed by atoms with Crippen molar-refractivity contribution in [3.8, 4) is 0 Å². The van der Waals surface area contributed by atoms with Gasteiger partial charge in [-0.3, -0.25) is 4.79 Å². The second kappa shape index (κ2) is 8.45. The summed E-state index contributed by atoms with van der Waals surface area (Å²) in [6.07, 6.45) is 3.04. The molecule has 0 unspecified atom stereocenters. The van der Waals surface area contributed by atoms with E-state index < -0.39 is 10.0 Å². The van der Waals surface area contributed by atoms with Gasteiger partial charge in [-0.2, -0.15) is 4.31 Å². The normalized spacial score (nSPS) is 11.7. The Morgan fingerprint density at radius 3 is 2.22 bits per heavy atom. The molecule has 0 bridgehead atoms. The van der Waals surface area contributed by atoms with E-state index in [1.165, 1.54) is 7.05 Å². The SMILES string of the molecule is CCCCCNC(=O)CN(C)S(=O)(=O)c1c(C)cc(C)cc1C. The second-order valence-electron chi connectivity index (χ2n) is 6.05. The third kappa shape index (κ3) is 5.32. The molecule has 0 aliphatic rings. The monoisotopic (exact) mass is 340 g/mol. The maximum atomic E-state index is 12.7. The first-order valence-corrected chi connectivity index (χ1v) is 9.45. The molecule has 0 aromatic heterocycles. The van der Waals surface area contributed by atoms with Crippen LogP contribution in [-0.4, -0.2) is 38.8 Å². The summed E-state index contributed by atoms with van der Waals surface area (Å²) in [4.78, 5) is 12.2. The van der Waals surface area contributed by atoms with Crippen LogP contribution in [0.2, 0.25) is 0 Å². The van der Waals surface area contributed by atoms with E-state index in [2.05, 4.69) is 12.2 Å². The highest BCUT2D eigenvalue weighted by Gasteiger charge is 2.26. The number of benzene rings is 1. The lowest BCUT2D eigenvalue weighted by Gasteiger charge is -2.20. The summed E-state index contributed by atoms with van der Waals surface area (Å²) in [6.45, 7) is 8.01. The lowest BCUT2D eigenvalue weighted by atomic mass is 10.1. The van der Waals surface area contributed by atoms with Crippen LogP contribution >= 0.6 is 0 Å². The molecular formula is C17H28N2O3S. The van der Waals surface area contributed by atoms with E-state index in [9.17, 15) is 13.2 Å². The maximum Gasteiger partial charge on any atom is 0.243 e. The van der Waals surface area contributed by atoms with Crippen LogP contribution in [-0.2, 0) is 14.8 Å². The standard InChI is InChI=1S/C17H28N2O3S/c1-6-7-8-9-18-16(20)12-19(5)23(21,22)17-14(3)10-13(2)11-15(17)4/h10-11H,6-9,12H2,1-5H3,(H,18,20). The predicted octanol–water partition coefficient (Wildman–Crippen LogP) is 2.54. The van der Waals surface area contributed by atoms with E-state index in [-0.39, 0.29) is 12.5 Å². The van der Waals surface area contributed by atoms with Crippen LogP contribution in [0.5, 0.6) is 0 Å². The third-order valence-electron chi connectivity index (χ3n) is 3.74. The first-order chi connectivity index (χ1) is 10.7. The third-order valence-corrected chi connectivity index (χ3v) is 5.85. The minimum atomic E-state index is -3.67. The molecule has 6 heteroatoms. The quantitative estimate of drug-likeness (QED) is 0.740. The van der Waals surface area contributed by atoms with E-state index in [1.54, 1.807) is 13.8 Å². The number of rotatable bonds is 8. The summed E-state index contributed by atoms with van der Waals surface area (Å²) in [5, 5.41) is 2.77. The molecule has 23 heavy (non-hydrogen) atoms. The van der Waals surface area contributed by atoms with Gasteiger partial charge in [0.25, 0.3) is 0 Å². The largest absolute Gasteiger partial charge is 0.355 e. The van der Waals surface area contributed by atoms with Crippen molar-refractivity contribution in [3.63, 3.8) is 0 Å². The van der Waals surface area contributed by atoms with E-state index >= 15 is 0 Å². The van der Waals surface area contributed by atoms with Crippen LogP contribution in [0.1, 0.15) is 42.9 Å². The minimum Gasteiger partial charge on any atom is -0.355 e. The molecule has 0 saturated heterocycles. The zero-order chi connectivity index (χ0) is 17.6. The smallest absolute Gasteiger partial charge is 0.243 e. The number of unbranched alkanes of at least 4 members (excludes halogenated alkanes) is 2. The molecule has 1 N–H and O–H groups in total. The summed E-state index contributed by atoms with van der Waals surface area (Å²) < 4.78 is 26.6. The van der Waals surface area contributed by atoms with Crippen molar-refractivity contribution in [3.05, 3.63) is 28.8 Å². The molecule has 5 nitrogen and oxygen atoms in total. The fourth-order valence-electron chi connectivity index (χ4n) is 2.68. The summed E-state index contributed by atoms with van der Waals surface area (Å²) >= 11 is 0. The van der Waals surface area contributed by atoms with E-state index in [0.717, 1.165) is 29.1 Å². The Morgan fingerprint density at radius 1 is 1.13 bits per heavy atom. The zero-order valence-corrected chi connectivity index (χ0v) is 15.6. The Balaban J connectivity index is 2.82. The van der Waals surface area contributed by atoms with E-state index in [4.69, 9.17) is 0 Å². The molecule has 0 spiro atoms. The van der Waals surface area contributed by atoms with Crippen molar-refractivity contribution in [1.29, 1.82) is 0 Å². The van der Waals surface area contributed by atoms with Gasteiger partial charge in [-0.15, -0.1) is 0 Å². The number of sulfonamides is 1. The van der Waals surface area contributed by atoms with Crippen molar-refractivity contribution in [1.82, 2.24) is 9.62 Å². The van der Waals surface area contributed by atoms with Gasteiger partial charge in [0.15, 0.2) is 0 Å². The van der Waals surface area contributed by atoms with Crippen molar-refractivity contribution in [2.75, 3.05) is 20.1 Å². The van der Waals surface area contributed by atoms with Crippen molar-refractivity contribution < 1.29 is 13.2 Å². The van der Waals surface area contributed by atoms with Crippen LogP contribution in [0.25, 0.3) is 0 Å². The number of nitrogens with zero attached hydrogens (tertiary/aromatic N) is 1. The van der Waals surface area contributed by atoms with E-state index in [1.807, 2.05) is 19.1 Å². The Morgan fingerprint density at radius 2 is 1.70 bits per heavy atom. The van der Waals surface area contributed by atoms with E-state index in [0.29, 0.717) is 22.6 Å². The highest BCUT2D eigenvalue weighted by Crippen LogP contribution is 2.24. The Bertz CT molecular complexity index is 631. The Hall–Kier alpha value is -1.40. The molecule has 1 rings (SSSR count). The van der Waals surface area contributed by atoms with Gasteiger partial charge in [-0.25, -0.2) is 8.42 Å². The van der Waals surface area contributed by atoms with Gasteiger partial charge < -0.3 is 5.32 Å². The molecule has 0 aliphatic heterocycles. The highest BCUT2D eigenvalue weighted by molar-refractivity contribution is 7.89. The number of aryl methyl sites for hydroxylation is 3. The van der Waals surface area contributed by atoms with Crippen LogP contribution in [0.3, 0.4) is 0 Å². The van der Waals surface area contributed by atoms with Gasteiger partial charge in [-0.1, -0.05) is 37.5 Å². The number of carbonyl (C=O) groups excluding carboxylic acids is 1. The average Bonchev–Trinajstić information content (AvgIpc) is 2.42. The first kappa shape index (κ1) is 19.6. The summed E-state index contributed by atoms with van der Waals surface area (Å²) in [5.74, 6) is -0.269. The van der Waals surface area contributed by atoms with Crippen LogP contribution in [0.15, 0.2) is 17.0 Å². The van der Waals surface area contributed by atoms with Crippen LogP contribution < -0.4 is 5.32 Å². The summed E-state index contributed by atoms with van der Waals surface area (Å²) in [5.41, 5.74) is 2.44. The van der Waals surface area contributed by atoms with Crippen LogP contribution in [0, 0.1) is 20.8 Å². The zero-order valence-electron chi connectivity index (χ0n) is 14.8. The van der Waals surface area contributed by atoms with Gasteiger partial charge in [0.05, 0.1) is 11.4 Å². The molecule has 1 aromatic carbocycles. The van der Waals surface area contributed by atoms with Gasteiger partial charge in [0.1, 0.15) is 0 Å². The second-order valence-corrected chi connectivity index (χ2v) is 8.03. The molecule has 0 radical (unpaired) electrons. The predicted molar refractivity (Wildman–Crippen MR) is 93.0 cm³/mol. The molecule has 0 aliphatic carbocycles. The number of nitrogens with one attached hydrogen (secondary N) is 1. The number of carbonyl (C=O) groups is 1. The molecule has 1 aromatic rings. The van der Waals surface area contributed by atoms with Gasteiger partial charge >= 0.3 is 0 Å². The highest BCUT2D eigenvalue weighted by atomic mass is 32.2. The summed E-state index contributed by atoms with van der Waals surface area (Å²) in [7, 11) is -2.23. The van der Waals surface area contributed by atoms with Crippen molar-refractivity contribution in [2.24, 2.45) is 0 Å². The Kier molecular flexibility index (Phi) is 7.22. The molecule has 130 valence electrons. The first-order valence-electron chi connectivity index (χ1n) is 8.01. The average molecular weight is 340 g/mol. The number of likely N-dealkylation sites (N-methyl/N-ethyl adjacent to an activating group) is 1. The minimum absolute atomic E-state index is 0.165. The number of amides is 1. The molecule has 0 atom stereocenters. The van der Waals surface area contributed by atoms with Gasteiger partial charge in [0.2, 0.25) is 15.9 Å². The molecule has 0 saturated carbocycles. The van der Waals surface area contributed by atoms with Crippen LogP contribution in [0.4, 0.5) is 0 Å². The lowest BCUT2D eigenvalue weighted by Crippen LogP contribution is -2.39. The topological polar surface area (TPSA) is 66.5 Å². The fraction of sp³-hybridized carbons (Fsp3) is 0.588. The van der Waals surface area contributed by atoms with Crippen molar-refractivity contribution in [2.45, 2.75) is 51.9 Å².